The van der Waals surface area contributed by atoms with Crippen molar-refractivity contribution in [2.24, 2.45) is 17.8 Å². The molecule has 0 nitrogen and oxygen atoms in total. The molecule has 0 aromatic heterocycles. The predicted molar refractivity (Wildman–Crippen MR) is 69.0 cm³/mol. The van der Waals surface area contributed by atoms with Crippen molar-refractivity contribution in [3.63, 3.8) is 0 Å². The summed E-state index contributed by atoms with van der Waals surface area (Å²) in [4.78, 5) is 0. The zero-order chi connectivity index (χ0) is 11.1. The minimum Gasteiger partial charge on any atom is -0.0883 e. The summed E-state index contributed by atoms with van der Waals surface area (Å²) in [5.41, 5.74) is 0. The minimum atomic E-state index is 0.866. The topological polar surface area (TPSA) is 0 Å². The Bertz CT molecular complexity index is 180. The molecule has 0 aromatic carbocycles. The summed E-state index contributed by atoms with van der Waals surface area (Å²) in [6, 6.07) is 0. The van der Waals surface area contributed by atoms with Crippen LogP contribution in [0.5, 0.6) is 0 Å². The molecule has 88 valence electrons. The van der Waals surface area contributed by atoms with Crippen LogP contribution >= 0.6 is 0 Å². The summed E-state index contributed by atoms with van der Waals surface area (Å²) in [6.07, 6.45) is 14.6. The second-order valence-electron chi connectivity index (χ2n) is 5.48. The zero-order valence-electron chi connectivity index (χ0n) is 10.8. The summed E-state index contributed by atoms with van der Waals surface area (Å²) in [5, 5.41) is 0. The third-order valence-corrected chi connectivity index (χ3v) is 4.13. The first-order chi connectivity index (χ1) is 7.24. The molecule has 1 fully saturated rings. The molecule has 1 saturated carbocycles. The van der Waals surface area contributed by atoms with Gasteiger partial charge in [0.2, 0.25) is 0 Å². The fraction of sp³-hybridized carbons (Fsp3) is 0.867. The van der Waals surface area contributed by atoms with Crippen LogP contribution in [-0.4, -0.2) is 0 Å². The van der Waals surface area contributed by atoms with Gasteiger partial charge in [-0.1, -0.05) is 58.6 Å². The molecular formula is C15H28. The summed E-state index contributed by atoms with van der Waals surface area (Å²) in [6.45, 7) is 7.06. The Hall–Kier alpha value is -0.260. The zero-order valence-corrected chi connectivity index (χ0v) is 10.8. The lowest BCUT2D eigenvalue weighted by Crippen LogP contribution is -2.15. The van der Waals surface area contributed by atoms with Crippen molar-refractivity contribution >= 4 is 0 Å². The van der Waals surface area contributed by atoms with Crippen LogP contribution in [0.2, 0.25) is 0 Å². The van der Waals surface area contributed by atoms with Gasteiger partial charge in [0.25, 0.3) is 0 Å². The van der Waals surface area contributed by atoms with Crippen molar-refractivity contribution in [1.82, 2.24) is 0 Å². The van der Waals surface area contributed by atoms with Gasteiger partial charge in [0.1, 0.15) is 0 Å². The van der Waals surface area contributed by atoms with Gasteiger partial charge in [-0.3, -0.25) is 0 Å². The molecule has 0 spiro atoms. The fourth-order valence-electron chi connectivity index (χ4n) is 2.51. The van der Waals surface area contributed by atoms with Crippen LogP contribution in [0.1, 0.15) is 65.7 Å². The minimum absolute atomic E-state index is 0.866. The second-order valence-corrected chi connectivity index (χ2v) is 5.48. The lowest BCUT2D eigenvalue weighted by molar-refractivity contribution is 0.258. The molecule has 0 radical (unpaired) electrons. The first-order valence-electron chi connectivity index (χ1n) is 6.89. The van der Waals surface area contributed by atoms with Gasteiger partial charge in [-0.2, -0.15) is 0 Å². The van der Waals surface area contributed by atoms with Crippen LogP contribution in [0.4, 0.5) is 0 Å². The van der Waals surface area contributed by atoms with E-state index in [0.717, 1.165) is 17.8 Å². The molecule has 0 aliphatic heterocycles. The average Bonchev–Trinajstić information content (AvgIpc) is 2.26. The smallest absolute Gasteiger partial charge is 0.0320 e. The highest BCUT2D eigenvalue weighted by Crippen LogP contribution is 2.32. The van der Waals surface area contributed by atoms with E-state index in [0.29, 0.717) is 0 Å². The molecule has 1 aliphatic carbocycles. The molecule has 0 bridgehead atoms. The molecular weight excluding hydrogens is 180 g/mol. The molecule has 3 atom stereocenters. The number of hydrogen-bond acceptors (Lipinski definition) is 0. The van der Waals surface area contributed by atoms with E-state index < -0.39 is 0 Å². The Morgan fingerprint density at radius 1 is 1.20 bits per heavy atom. The maximum atomic E-state index is 2.44. The molecule has 0 aromatic rings. The lowest BCUT2D eigenvalue weighted by atomic mass is 9.78. The fourth-order valence-corrected chi connectivity index (χ4v) is 2.51. The first kappa shape index (κ1) is 12.8. The third kappa shape index (κ3) is 4.86. The van der Waals surface area contributed by atoms with Crippen molar-refractivity contribution in [3.8, 4) is 0 Å². The van der Waals surface area contributed by atoms with Crippen molar-refractivity contribution in [2.45, 2.75) is 65.7 Å². The number of allylic oxidation sites excluding steroid dienone is 2. The summed E-state index contributed by atoms with van der Waals surface area (Å²) in [7, 11) is 0. The van der Waals surface area contributed by atoms with Crippen LogP contribution in [0.3, 0.4) is 0 Å². The molecule has 1 aliphatic rings. The van der Waals surface area contributed by atoms with E-state index in [1.807, 2.05) is 0 Å². The van der Waals surface area contributed by atoms with E-state index in [1.54, 1.807) is 0 Å². The molecule has 0 heteroatoms. The molecule has 3 unspecified atom stereocenters. The molecule has 15 heavy (non-hydrogen) atoms. The third-order valence-electron chi connectivity index (χ3n) is 4.13. The van der Waals surface area contributed by atoms with Crippen LogP contribution < -0.4 is 0 Å². The summed E-state index contributed by atoms with van der Waals surface area (Å²) in [5.74, 6) is 2.81. The summed E-state index contributed by atoms with van der Waals surface area (Å²) >= 11 is 0. The molecule has 0 N–H and O–H groups in total. The van der Waals surface area contributed by atoms with E-state index in [4.69, 9.17) is 0 Å². The van der Waals surface area contributed by atoms with Crippen molar-refractivity contribution in [3.05, 3.63) is 12.2 Å². The van der Waals surface area contributed by atoms with Crippen LogP contribution in [0, 0.1) is 17.8 Å². The van der Waals surface area contributed by atoms with Gasteiger partial charge < -0.3 is 0 Å². The maximum absolute atomic E-state index is 2.44. The van der Waals surface area contributed by atoms with Crippen molar-refractivity contribution < 1.29 is 0 Å². The van der Waals surface area contributed by atoms with Crippen molar-refractivity contribution in [1.29, 1.82) is 0 Å². The lowest BCUT2D eigenvalue weighted by Gasteiger charge is -2.27. The quantitative estimate of drug-likeness (QED) is 0.545. The van der Waals surface area contributed by atoms with E-state index in [1.165, 1.54) is 44.9 Å². The number of hydrogen-bond donors (Lipinski definition) is 0. The van der Waals surface area contributed by atoms with Crippen LogP contribution in [0.15, 0.2) is 12.2 Å². The summed E-state index contributed by atoms with van der Waals surface area (Å²) < 4.78 is 0. The molecule has 0 amide bonds. The normalized spacial score (nSPS) is 29.5. The number of rotatable bonds is 5. The highest BCUT2D eigenvalue weighted by Gasteiger charge is 2.19. The van der Waals surface area contributed by atoms with Crippen molar-refractivity contribution in [2.75, 3.05) is 0 Å². The van der Waals surface area contributed by atoms with Gasteiger partial charge >= 0.3 is 0 Å². The Balaban J connectivity index is 2.17. The van der Waals surface area contributed by atoms with E-state index >= 15 is 0 Å². The van der Waals surface area contributed by atoms with Crippen LogP contribution in [-0.2, 0) is 0 Å². The van der Waals surface area contributed by atoms with E-state index in [2.05, 4.69) is 32.9 Å². The van der Waals surface area contributed by atoms with Gasteiger partial charge in [-0.05, 0) is 37.0 Å². The largest absolute Gasteiger partial charge is 0.0883 e. The van der Waals surface area contributed by atoms with Crippen LogP contribution in [0.25, 0.3) is 0 Å². The second kappa shape index (κ2) is 7.09. The Morgan fingerprint density at radius 2 is 1.93 bits per heavy atom. The Morgan fingerprint density at radius 3 is 2.60 bits per heavy atom. The van der Waals surface area contributed by atoms with Gasteiger partial charge in [-0.15, -0.1) is 0 Å². The molecule has 1 rings (SSSR count). The molecule has 0 saturated heterocycles. The SMILES string of the molecule is CCC(C)CC=CCC1CCCCC1C. The van der Waals surface area contributed by atoms with Gasteiger partial charge in [0, 0.05) is 0 Å². The van der Waals surface area contributed by atoms with E-state index in [9.17, 15) is 0 Å². The Labute approximate surface area is 96.2 Å². The van der Waals surface area contributed by atoms with E-state index in [-0.39, 0.29) is 0 Å². The van der Waals surface area contributed by atoms with Gasteiger partial charge in [0.05, 0.1) is 0 Å². The monoisotopic (exact) mass is 208 g/mol. The van der Waals surface area contributed by atoms with Gasteiger partial charge in [-0.25, -0.2) is 0 Å². The van der Waals surface area contributed by atoms with Gasteiger partial charge in [0.15, 0.2) is 0 Å². The maximum Gasteiger partial charge on any atom is -0.0320 e. The first-order valence-corrected chi connectivity index (χ1v) is 6.89. The average molecular weight is 208 g/mol. The predicted octanol–water partition coefficient (Wildman–Crippen LogP) is 5.20. The highest BCUT2D eigenvalue weighted by molar-refractivity contribution is 4.87. The highest BCUT2D eigenvalue weighted by atomic mass is 14.2. The standard InChI is InChI=1S/C15H28/c1-4-13(2)9-5-7-11-15-12-8-6-10-14(15)3/h5,7,13-15H,4,6,8-12H2,1-3H3. The molecule has 0 heterocycles. The Kier molecular flexibility index (Phi) is 6.05.